The van der Waals surface area contributed by atoms with Crippen LogP contribution < -0.4 is 4.74 Å². The van der Waals surface area contributed by atoms with Crippen molar-refractivity contribution in [2.45, 2.75) is 61.6 Å². The average molecular weight is 417 g/mol. The molecule has 5 nitrogen and oxygen atoms in total. The second kappa shape index (κ2) is 8.66. The minimum Gasteiger partial charge on any atom is -0.493 e. The van der Waals surface area contributed by atoms with Gasteiger partial charge in [-0.25, -0.2) is 0 Å². The lowest BCUT2D eigenvalue weighted by atomic mass is 9.90. The van der Waals surface area contributed by atoms with Crippen LogP contribution in [0.25, 0.3) is 0 Å². The number of aliphatic hydroxyl groups excluding tert-OH is 3. The van der Waals surface area contributed by atoms with E-state index in [-0.39, 0.29) is 0 Å². The van der Waals surface area contributed by atoms with Crippen LogP contribution in [0.3, 0.4) is 0 Å². The molecule has 2 heterocycles. The first-order valence-corrected chi connectivity index (χ1v) is 11.3. The molecule has 0 amide bonds. The first-order valence-electron chi connectivity index (χ1n) is 10.1. The highest BCUT2D eigenvalue weighted by Crippen LogP contribution is 2.35. The molecule has 2 aliphatic rings. The molecular formula is C23H28O5S. The molecule has 0 saturated carbocycles. The molecule has 1 fully saturated rings. The summed E-state index contributed by atoms with van der Waals surface area (Å²) in [6.45, 7) is 2.49. The topological polar surface area (TPSA) is 79.2 Å². The van der Waals surface area contributed by atoms with Gasteiger partial charge >= 0.3 is 0 Å². The molecule has 4 rings (SSSR count). The van der Waals surface area contributed by atoms with Gasteiger partial charge in [-0.15, -0.1) is 11.8 Å². The van der Waals surface area contributed by atoms with Crippen LogP contribution in [0.15, 0.2) is 41.3 Å². The van der Waals surface area contributed by atoms with Gasteiger partial charge in [0, 0.05) is 4.90 Å². The lowest BCUT2D eigenvalue weighted by Crippen LogP contribution is -2.53. The van der Waals surface area contributed by atoms with E-state index in [0.717, 1.165) is 42.7 Å². The molecule has 3 N–H and O–H groups in total. The molecule has 156 valence electrons. The third-order valence-electron chi connectivity index (χ3n) is 5.85. The van der Waals surface area contributed by atoms with E-state index in [0.29, 0.717) is 0 Å². The normalized spacial score (nSPS) is 29.2. The van der Waals surface area contributed by atoms with Gasteiger partial charge in [-0.2, -0.15) is 0 Å². The first kappa shape index (κ1) is 20.7. The molecule has 0 aliphatic carbocycles. The summed E-state index contributed by atoms with van der Waals surface area (Å²) >= 11 is 1.68. The Kier molecular flexibility index (Phi) is 6.18. The summed E-state index contributed by atoms with van der Waals surface area (Å²) in [6, 6.07) is 12.4. The monoisotopic (exact) mass is 416 g/mol. The molecule has 0 spiro atoms. The van der Waals surface area contributed by atoms with Crippen molar-refractivity contribution in [1.82, 2.24) is 0 Å². The van der Waals surface area contributed by atoms with Gasteiger partial charge in [-0.3, -0.25) is 0 Å². The molecule has 29 heavy (non-hydrogen) atoms. The Labute approximate surface area is 175 Å². The molecule has 0 bridgehead atoms. The highest BCUT2D eigenvalue weighted by atomic mass is 32.2. The molecule has 6 heteroatoms. The van der Waals surface area contributed by atoms with Crippen LogP contribution in [-0.2, 0) is 17.6 Å². The number of fused-ring (bicyclic) bond motifs is 1. The standard InChI is InChI=1S/C23H28O5S/c1-13-20(24)21(25)22(26)23(28-13)16-6-8-19(29-2)17(12-16)11-14-5-7-18-15(10-14)4-3-9-27-18/h5-8,10,12-13,20-26H,3-4,9,11H2,1-2H3/t13-,20-,21+,22-,23+/m1/s1. The Morgan fingerprint density at radius 1 is 1.03 bits per heavy atom. The average Bonchev–Trinajstić information content (AvgIpc) is 2.74. The van der Waals surface area contributed by atoms with Gasteiger partial charge in [0.1, 0.15) is 30.2 Å². The fourth-order valence-electron chi connectivity index (χ4n) is 4.18. The van der Waals surface area contributed by atoms with Crippen LogP contribution in [0, 0.1) is 0 Å². The summed E-state index contributed by atoms with van der Waals surface area (Å²) in [7, 11) is 0. The number of hydrogen-bond donors (Lipinski definition) is 3. The second-order valence-electron chi connectivity index (χ2n) is 7.88. The zero-order chi connectivity index (χ0) is 20.5. The van der Waals surface area contributed by atoms with Crippen LogP contribution in [0.4, 0.5) is 0 Å². The summed E-state index contributed by atoms with van der Waals surface area (Å²) in [5.74, 6) is 0.985. The minimum atomic E-state index is -1.23. The maximum absolute atomic E-state index is 10.5. The first-order chi connectivity index (χ1) is 14.0. The van der Waals surface area contributed by atoms with E-state index in [1.54, 1.807) is 18.7 Å². The lowest BCUT2D eigenvalue weighted by Gasteiger charge is -2.39. The molecule has 2 aromatic rings. The number of hydrogen-bond acceptors (Lipinski definition) is 6. The Morgan fingerprint density at radius 2 is 1.86 bits per heavy atom. The number of aliphatic hydroxyl groups is 3. The maximum Gasteiger partial charge on any atom is 0.122 e. The summed E-state index contributed by atoms with van der Waals surface area (Å²) in [6.07, 6.45) is 0.183. The number of thioether (sulfide) groups is 1. The summed E-state index contributed by atoms with van der Waals surface area (Å²) in [5, 5.41) is 30.6. The van der Waals surface area contributed by atoms with Crippen LogP contribution in [0.1, 0.15) is 41.7 Å². The number of rotatable bonds is 4. The van der Waals surface area contributed by atoms with Crippen molar-refractivity contribution in [3.05, 3.63) is 58.7 Å². The highest BCUT2D eigenvalue weighted by molar-refractivity contribution is 7.98. The van der Waals surface area contributed by atoms with Gasteiger partial charge in [0.25, 0.3) is 0 Å². The summed E-state index contributed by atoms with van der Waals surface area (Å²) in [4.78, 5) is 1.17. The minimum absolute atomic E-state index is 0.553. The van der Waals surface area contributed by atoms with Gasteiger partial charge in [0.2, 0.25) is 0 Å². The van der Waals surface area contributed by atoms with E-state index in [1.165, 1.54) is 16.0 Å². The van der Waals surface area contributed by atoms with Crippen molar-refractivity contribution in [2.24, 2.45) is 0 Å². The fraction of sp³-hybridized carbons (Fsp3) is 0.478. The van der Waals surface area contributed by atoms with Crippen molar-refractivity contribution < 1.29 is 24.8 Å². The van der Waals surface area contributed by atoms with Gasteiger partial charge in [-0.1, -0.05) is 24.3 Å². The van der Waals surface area contributed by atoms with Crippen molar-refractivity contribution >= 4 is 11.8 Å². The van der Waals surface area contributed by atoms with Crippen molar-refractivity contribution in [3.8, 4) is 5.75 Å². The predicted molar refractivity (Wildman–Crippen MR) is 113 cm³/mol. The van der Waals surface area contributed by atoms with E-state index >= 15 is 0 Å². The zero-order valence-corrected chi connectivity index (χ0v) is 17.6. The Bertz CT molecular complexity index is 870. The quantitative estimate of drug-likeness (QED) is 0.665. The molecule has 0 radical (unpaired) electrons. The van der Waals surface area contributed by atoms with E-state index in [4.69, 9.17) is 9.47 Å². The molecule has 2 aliphatic heterocycles. The second-order valence-corrected chi connectivity index (χ2v) is 8.72. The Hall–Kier alpha value is -1.57. The number of aryl methyl sites for hydroxylation is 1. The van der Waals surface area contributed by atoms with Crippen LogP contribution in [0.5, 0.6) is 5.75 Å². The van der Waals surface area contributed by atoms with Gasteiger partial charge in [0.15, 0.2) is 0 Å². The third kappa shape index (κ3) is 4.18. The van der Waals surface area contributed by atoms with Crippen molar-refractivity contribution in [3.63, 3.8) is 0 Å². The van der Waals surface area contributed by atoms with Crippen molar-refractivity contribution in [2.75, 3.05) is 12.9 Å². The Balaban J connectivity index is 1.62. The maximum atomic E-state index is 10.5. The largest absolute Gasteiger partial charge is 0.493 e. The van der Waals surface area contributed by atoms with Gasteiger partial charge in [-0.05, 0) is 66.8 Å². The molecule has 0 aromatic heterocycles. The highest BCUT2D eigenvalue weighted by Gasteiger charge is 2.42. The Morgan fingerprint density at radius 3 is 2.66 bits per heavy atom. The molecule has 2 aromatic carbocycles. The molecule has 0 unspecified atom stereocenters. The van der Waals surface area contributed by atoms with E-state index < -0.39 is 30.5 Å². The molecule has 1 saturated heterocycles. The lowest BCUT2D eigenvalue weighted by molar-refractivity contribution is -0.219. The van der Waals surface area contributed by atoms with Crippen LogP contribution in [0.2, 0.25) is 0 Å². The number of benzene rings is 2. The van der Waals surface area contributed by atoms with Gasteiger partial charge < -0.3 is 24.8 Å². The van der Waals surface area contributed by atoms with E-state index in [2.05, 4.69) is 18.2 Å². The summed E-state index contributed by atoms with van der Waals surface area (Å²) in [5.41, 5.74) is 4.43. The smallest absolute Gasteiger partial charge is 0.122 e. The molecular weight excluding hydrogens is 388 g/mol. The van der Waals surface area contributed by atoms with E-state index in [9.17, 15) is 15.3 Å². The SMILES string of the molecule is CSc1ccc([C@@H]2O[C@H](C)[C@@H](O)[C@H](O)[C@H]2O)cc1Cc1ccc2c(c1)CCCO2. The third-order valence-corrected chi connectivity index (χ3v) is 6.69. The van der Waals surface area contributed by atoms with Crippen LogP contribution in [-0.4, -0.2) is 52.6 Å². The predicted octanol–water partition coefficient (Wildman–Crippen LogP) is 2.87. The summed E-state index contributed by atoms with van der Waals surface area (Å²) < 4.78 is 11.6. The van der Waals surface area contributed by atoms with Crippen LogP contribution >= 0.6 is 11.8 Å². The van der Waals surface area contributed by atoms with Crippen molar-refractivity contribution in [1.29, 1.82) is 0 Å². The van der Waals surface area contributed by atoms with E-state index in [1.807, 2.05) is 24.5 Å². The zero-order valence-electron chi connectivity index (χ0n) is 16.7. The fourth-order valence-corrected chi connectivity index (χ4v) is 4.78. The van der Waals surface area contributed by atoms with Gasteiger partial charge in [0.05, 0.1) is 12.7 Å². The molecule has 5 atom stereocenters. The number of ether oxygens (including phenoxy) is 2.